The van der Waals surface area contributed by atoms with Gasteiger partial charge in [-0.05, 0) is 6.92 Å². The largest absolute Gasteiger partial charge is 0.376 e. The van der Waals surface area contributed by atoms with E-state index >= 15 is 0 Å². The van der Waals surface area contributed by atoms with Crippen molar-refractivity contribution in [2.75, 3.05) is 6.54 Å². The van der Waals surface area contributed by atoms with Crippen molar-refractivity contribution in [3.8, 4) is 0 Å². The van der Waals surface area contributed by atoms with Crippen LogP contribution >= 0.6 is 0 Å². The quantitative estimate of drug-likeness (QED) is 0.561. The molecule has 0 aromatic heterocycles. The van der Waals surface area contributed by atoms with Gasteiger partial charge in [0.25, 0.3) is 0 Å². The Bertz CT molecular complexity index is 161. The number of sulfonamides is 1. The molecule has 0 radical (unpaired) electrons. The first-order valence-electron chi connectivity index (χ1n) is 2.67. The van der Waals surface area contributed by atoms with Gasteiger partial charge < -0.3 is 5.11 Å². The minimum atomic E-state index is -3.44. The molecule has 0 saturated carbocycles. The Balaban J connectivity index is 4.05. The summed E-state index contributed by atoms with van der Waals surface area (Å²) in [5, 5.41) is 8.56. The predicted octanol–water partition coefficient (Wildman–Crippen LogP) is -0.736. The van der Waals surface area contributed by atoms with Crippen molar-refractivity contribution in [1.29, 1.82) is 0 Å². The summed E-state index contributed by atoms with van der Waals surface area (Å²) in [4.78, 5) is 0. The van der Waals surface area contributed by atoms with E-state index in [1.54, 1.807) is 6.92 Å². The highest BCUT2D eigenvalue weighted by Crippen LogP contribution is 1.90. The van der Waals surface area contributed by atoms with Crippen molar-refractivity contribution in [3.63, 3.8) is 0 Å². The van der Waals surface area contributed by atoms with Gasteiger partial charge in [0.2, 0.25) is 10.0 Å². The van der Waals surface area contributed by atoms with Crippen LogP contribution in [0.4, 0.5) is 0 Å². The molecule has 0 amide bonds. The maximum absolute atomic E-state index is 10.6. The Morgan fingerprint density at radius 3 is 2.22 bits per heavy atom. The summed E-state index contributed by atoms with van der Waals surface area (Å²) in [7, 11) is -3.44. The van der Waals surface area contributed by atoms with Crippen LogP contribution in [0.2, 0.25) is 0 Å². The van der Waals surface area contributed by atoms with Gasteiger partial charge in [-0.2, -0.15) is 0 Å². The second-order valence-electron chi connectivity index (χ2n) is 1.64. The third kappa shape index (κ3) is 2.78. The van der Waals surface area contributed by atoms with Crippen LogP contribution in [0.25, 0.3) is 0 Å². The lowest BCUT2D eigenvalue weighted by atomic mass is 10.8. The van der Waals surface area contributed by atoms with E-state index in [1.165, 1.54) is 6.92 Å². The fraction of sp³-hybridized carbons (Fsp3) is 1.00. The third-order valence-corrected chi connectivity index (χ3v) is 2.38. The summed E-state index contributed by atoms with van der Waals surface area (Å²) in [6.07, 6.45) is 0. The second-order valence-corrected chi connectivity index (χ2v) is 3.70. The molecule has 9 heavy (non-hydrogen) atoms. The van der Waals surface area contributed by atoms with Crippen LogP contribution < -0.4 is 4.72 Å². The topological polar surface area (TPSA) is 66.4 Å². The number of aliphatic hydroxyl groups is 1. The fourth-order valence-electron chi connectivity index (χ4n) is 0.322. The van der Waals surface area contributed by atoms with Gasteiger partial charge in [0.1, 0.15) is 0 Å². The van der Waals surface area contributed by atoms with Crippen molar-refractivity contribution in [2.24, 2.45) is 0 Å². The molecular weight excluding hydrogens is 142 g/mol. The minimum absolute atomic E-state index is 0.313. The van der Waals surface area contributed by atoms with Gasteiger partial charge in [0.05, 0.1) is 0 Å². The summed E-state index contributed by atoms with van der Waals surface area (Å²) < 4.78 is 23.3. The Kier molecular flexibility index (Phi) is 3.10. The number of hydrogen-bond acceptors (Lipinski definition) is 3. The molecule has 56 valence electrons. The van der Waals surface area contributed by atoms with E-state index in [1.807, 2.05) is 0 Å². The van der Waals surface area contributed by atoms with E-state index in [9.17, 15) is 8.42 Å². The fourth-order valence-corrected chi connectivity index (χ4v) is 0.965. The molecule has 0 saturated heterocycles. The molecule has 5 heteroatoms. The zero-order valence-electron chi connectivity index (χ0n) is 5.46. The van der Waals surface area contributed by atoms with Gasteiger partial charge in [-0.15, -0.1) is 0 Å². The van der Waals surface area contributed by atoms with Crippen LogP contribution in [-0.4, -0.2) is 25.5 Å². The molecule has 0 aliphatic rings. The molecule has 0 aromatic rings. The highest BCUT2D eigenvalue weighted by Gasteiger charge is 2.14. The summed E-state index contributed by atoms with van der Waals surface area (Å²) in [5.41, 5.74) is -1.32. The SMILES string of the molecule is CCNS(=O)(=O)C(C)O. The molecule has 0 spiro atoms. The summed E-state index contributed by atoms with van der Waals surface area (Å²) >= 11 is 0. The van der Waals surface area contributed by atoms with Gasteiger partial charge in [0.15, 0.2) is 5.44 Å². The molecule has 0 aliphatic heterocycles. The van der Waals surface area contributed by atoms with Gasteiger partial charge in [-0.3, -0.25) is 0 Å². The van der Waals surface area contributed by atoms with Crippen molar-refractivity contribution in [1.82, 2.24) is 4.72 Å². The highest BCUT2D eigenvalue weighted by atomic mass is 32.2. The highest BCUT2D eigenvalue weighted by molar-refractivity contribution is 7.89. The van der Waals surface area contributed by atoms with Gasteiger partial charge >= 0.3 is 0 Å². The summed E-state index contributed by atoms with van der Waals surface area (Å²) in [5.74, 6) is 0. The standard InChI is InChI=1S/C4H11NO3S/c1-3-5-9(7,8)4(2)6/h4-6H,3H2,1-2H3. The Hall–Kier alpha value is -0.130. The molecular formula is C4H11NO3S. The molecule has 0 heterocycles. The molecule has 0 aromatic carbocycles. The van der Waals surface area contributed by atoms with Crippen LogP contribution in [0.1, 0.15) is 13.8 Å². The predicted molar refractivity (Wildman–Crippen MR) is 34.3 cm³/mol. The smallest absolute Gasteiger partial charge is 0.238 e. The van der Waals surface area contributed by atoms with E-state index in [0.29, 0.717) is 6.54 Å². The first-order chi connectivity index (χ1) is 4.00. The van der Waals surface area contributed by atoms with Crippen LogP contribution in [-0.2, 0) is 10.0 Å². The lowest BCUT2D eigenvalue weighted by Gasteiger charge is -2.04. The monoisotopic (exact) mass is 153 g/mol. The van der Waals surface area contributed by atoms with Crippen LogP contribution in [0.5, 0.6) is 0 Å². The zero-order valence-corrected chi connectivity index (χ0v) is 6.27. The first kappa shape index (κ1) is 8.87. The lowest BCUT2D eigenvalue weighted by molar-refractivity contribution is 0.266. The van der Waals surface area contributed by atoms with E-state index in [-0.39, 0.29) is 0 Å². The lowest BCUT2D eigenvalue weighted by Crippen LogP contribution is -2.31. The average Bonchev–Trinajstić information content (AvgIpc) is 1.65. The third-order valence-electron chi connectivity index (χ3n) is 0.795. The molecule has 1 unspecified atom stereocenters. The molecule has 2 N–H and O–H groups in total. The van der Waals surface area contributed by atoms with Crippen LogP contribution in [0.3, 0.4) is 0 Å². The van der Waals surface area contributed by atoms with Crippen molar-refractivity contribution < 1.29 is 13.5 Å². The van der Waals surface area contributed by atoms with Crippen molar-refractivity contribution in [3.05, 3.63) is 0 Å². The molecule has 0 aliphatic carbocycles. The van der Waals surface area contributed by atoms with Crippen LogP contribution in [0.15, 0.2) is 0 Å². The normalized spacial score (nSPS) is 15.4. The molecule has 0 rings (SSSR count). The minimum Gasteiger partial charge on any atom is -0.376 e. The van der Waals surface area contributed by atoms with Crippen LogP contribution in [0, 0.1) is 0 Å². The summed E-state index contributed by atoms with van der Waals surface area (Å²) in [6, 6.07) is 0. The maximum atomic E-state index is 10.6. The Morgan fingerprint density at radius 1 is 1.67 bits per heavy atom. The van der Waals surface area contributed by atoms with E-state index < -0.39 is 15.5 Å². The van der Waals surface area contributed by atoms with Crippen molar-refractivity contribution >= 4 is 10.0 Å². The maximum Gasteiger partial charge on any atom is 0.238 e. The van der Waals surface area contributed by atoms with Gasteiger partial charge in [-0.1, -0.05) is 6.92 Å². The molecule has 1 atom stereocenters. The Labute approximate surface area is 54.9 Å². The van der Waals surface area contributed by atoms with Gasteiger partial charge in [0, 0.05) is 6.54 Å². The van der Waals surface area contributed by atoms with Gasteiger partial charge in [-0.25, -0.2) is 13.1 Å². The average molecular weight is 153 g/mol. The second kappa shape index (κ2) is 3.14. The number of aliphatic hydroxyl groups excluding tert-OH is 1. The van der Waals surface area contributed by atoms with Crippen molar-refractivity contribution in [2.45, 2.75) is 19.3 Å². The summed E-state index contributed by atoms with van der Waals surface area (Å²) in [6.45, 7) is 3.17. The van der Waals surface area contributed by atoms with E-state index in [0.717, 1.165) is 0 Å². The number of hydrogen-bond donors (Lipinski definition) is 2. The van der Waals surface area contributed by atoms with E-state index in [4.69, 9.17) is 5.11 Å². The molecule has 4 nitrogen and oxygen atoms in total. The molecule has 0 bridgehead atoms. The first-order valence-corrected chi connectivity index (χ1v) is 4.22. The zero-order chi connectivity index (χ0) is 7.49. The number of nitrogens with one attached hydrogen (secondary N) is 1. The molecule has 0 fully saturated rings. The Morgan fingerprint density at radius 2 is 2.11 bits per heavy atom. The number of rotatable bonds is 3. The van der Waals surface area contributed by atoms with E-state index in [2.05, 4.69) is 4.72 Å².